The summed E-state index contributed by atoms with van der Waals surface area (Å²) in [6.07, 6.45) is 4.47. The van der Waals surface area contributed by atoms with Gasteiger partial charge < -0.3 is 10.9 Å². The Morgan fingerprint density at radius 3 is 2.61 bits per heavy atom. The van der Waals surface area contributed by atoms with E-state index in [2.05, 4.69) is 37.8 Å². The maximum absolute atomic E-state index is 8.65. The van der Waals surface area contributed by atoms with E-state index in [9.17, 15) is 0 Å². The van der Waals surface area contributed by atoms with Crippen molar-refractivity contribution in [3.63, 3.8) is 0 Å². The van der Waals surface area contributed by atoms with Gasteiger partial charge in [0.05, 0.1) is 6.54 Å². The third kappa shape index (κ3) is 3.34. The molecule has 1 heterocycles. The molecular weight excluding hydrogens is 226 g/mol. The lowest BCUT2D eigenvalue weighted by Gasteiger charge is -2.30. The van der Waals surface area contributed by atoms with Gasteiger partial charge in [-0.1, -0.05) is 39.3 Å². The molecule has 102 valence electrons. The normalized spacial score (nSPS) is 22.0. The van der Waals surface area contributed by atoms with Crippen LogP contribution in [0.4, 0.5) is 0 Å². The number of aliphatic imine (C=N–C) groups is 1. The molecule has 0 bridgehead atoms. The lowest BCUT2D eigenvalue weighted by atomic mass is 9.74. The Hall–Kier alpha value is -1.32. The van der Waals surface area contributed by atoms with Crippen molar-refractivity contribution >= 4 is 11.5 Å². The molecule has 0 aromatic carbocycles. The van der Waals surface area contributed by atoms with Gasteiger partial charge in [0.2, 0.25) is 0 Å². The molecule has 0 radical (unpaired) electrons. The summed E-state index contributed by atoms with van der Waals surface area (Å²) in [5.41, 5.74) is 9.25. The Morgan fingerprint density at radius 1 is 1.44 bits per heavy atom. The highest BCUT2D eigenvalue weighted by Crippen LogP contribution is 2.41. The van der Waals surface area contributed by atoms with Crippen LogP contribution in [0.25, 0.3) is 0 Å². The molecule has 4 heteroatoms. The third-order valence-corrected chi connectivity index (χ3v) is 3.23. The molecule has 0 saturated heterocycles. The van der Waals surface area contributed by atoms with E-state index in [4.69, 9.17) is 10.9 Å². The van der Waals surface area contributed by atoms with E-state index in [0.29, 0.717) is 11.1 Å². The summed E-state index contributed by atoms with van der Waals surface area (Å²) in [4.78, 5) is 4.34. The molecule has 0 spiro atoms. The Labute approximate surface area is 110 Å². The second kappa shape index (κ2) is 6.03. The zero-order valence-corrected chi connectivity index (χ0v) is 12.0. The lowest BCUT2D eigenvalue weighted by Crippen LogP contribution is -2.27. The van der Waals surface area contributed by atoms with Gasteiger partial charge in [0.15, 0.2) is 5.84 Å². The van der Waals surface area contributed by atoms with E-state index in [1.54, 1.807) is 0 Å². The van der Waals surface area contributed by atoms with Crippen LogP contribution in [-0.4, -0.2) is 23.3 Å². The van der Waals surface area contributed by atoms with Crippen LogP contribution in [0.2, 0.25) is 0 Å². The fourth-order valence-corrected chi connectivity index (χ4v) is 2.40. The summed E-state index contributed by atoms with van der Waals surface area (Å²) in [6, 6.07) is 0. The van der Waals surface area contributed by atoms with Crippen LogP contribution in [0.15, 0.2) is 21.3 Å². The average molecular weight is 251 g/mol. The maximum Gasteiger partial charge on any atom is 0.188 e. The number of oxime groups is 1. The molecule has 1 aliphatic heterocycles. The van der Waals surface area contributed by atoms with Gasteiger partial charge in [-0.2, -0.15) is 0 Å². The zero-order valence-electron chi connectivity index (χ0n) is 12.0. The molecule has 4 nitrogen and oxygen atoms in total. The Balaban J connectivity index is 0.000000492. The number of nitrogens with zero attached hydrogens (tertiary/aromatic N) is 2. The molecule has 2 rings (SSSR count). The minimum Gasteiger partial charge on any atom is -0.409 e. The highest BCUT2D eigenvalue weighted by molar-refractivity contribution is 6.47. The van der Waals surface area contributed by atoms with Gasteiger partial charge in [-0.05, 0) is 35.8 Å². The smallest absolute Gasteiger partial charge is 0.188 e. The predicted molar refractivity (Wildman–Crippen MR) is 76.3 cm³/mol. The van der Waals surface area contributed by atoms with Gasteiger partial charge in [0.25, 0.3) is 0 Å². The van der Waals surface area contributed by atoms with Crippen LogP contribution < -0.4 is 5.73 Å². The van der Waals surface area contributed by atoms with Crippen LogP contribution in [0.3, 0.4) is 0 Å². The van der Waals surface area contributed by atoms with Gasteiger partial charge in [-0.15, -0.1) is 0 Å². The van der Waals surface area contributed by atoms with E-state index < -0.39 is 0 Å². The van der Waals surface area contributed by atoms with E-state index in [1.165, 1.54) is 17.6 Å². The van der Waals surface area contributed by atoms with E-state index in [0.717, 1.165) is 25.8 Å². The molecule has 18 heavy (non-hydrogen) atoms. The molecular formula is C14H25N3O. The standard InChI is InChI=1S/C11H17N3O.C3H8/c1-11(2)4-3-8-7(5-11)6-13-9(8)10(12)14-15;1-3-2/h15H,3-6H2,1-2H3,(H2,12,14);3H2,1-2H3. The van der Waals surface area contributed by atoms with Crippen LogP contribution >= 0.6 is 0 Å². The number of hydrogen-bond acceptors (Lipinski definition) is 3. The van der Waals surface area contributed by atoms with Crippen molar-refractivity contribution < 1.29 is 5.21 Å². The largest absolute Gasteiger partial charge is 0.409 e. The van der Waals surface area contributed by atoms with Crippen LogP contribution in [0.5, 0.6) is 0 Å². The van der Waals surface area contributed by atoms with Gasteiger partial charge in [0.1, 0.15) is 5.71 Å². The third-order valence-electron chi connectivity index (χ3n) is 3.23. The van der Waals surface area contributed by atoms with Crippen molar-refractivity contribution in [2.45, 2.75) is 53.4 Å². The van der Waals surface area contributed by atoms with Crippen molar-refractivity contribution in [3.05, 3.63) is 11.1 Å². The number of amidine groups is 1. The van der Waals surface area contributed by atoms with Crippen molar-refractivity contribution in [3.8, 4) is 0 Å². The maximum atomic E-state index is 8.65. The van der Waals surface area contributed by atoms with Gasteiger partial charge in [-0.25, -0.2) is 0 Å². The van der Waals surface area contributed by atoms with Gasteiger partial charge >= 0.3 is 0 Å². The predicted octanol–water partition coefficient (Wildman–Crippen LogP) is 3.11. The topological polar surface area (TPSA) is 71.0 Å². The molecule has 0 aromatic heterocycles. The van der Waals surface area contributed by atoms with Gasteiger partial charge in [-0.3, -0.25) is 4.99 Å². The first-order valence-corrected chi connectivity index (χ1v) is 6.68. The van der Waals surface area contributed by atoms with E-state index >= 15 is 0 Å². The quantitative estimate of drug-likeness (QED) is 0.325. The summed E-state index contributed by atoms with van der Waals surface area (Å²) in [5, 5.41) is 11.7. The van der Waals surface area contributed by atoms with Crippen molar-refractivity contribution in [2.75, 3.05) is 6.54 Å². The molecule has 3 N–H and O–H groups in total. The molecule has 2 aliphatic rings. The minimum atomic E-state index is 0.153. The number of hydrogen-bond donors (Lipinski definition) is 2. The monoisotopic (exact) mass is 251 g/mol. The number of rotatable bonds is 1. The first kappa shape index (κ1) is 14.7. The van der Waals surface area contributed by atoms with Gasteiger partial charge in [0, 0.05) is 0 Å². The van der Waals surface area contributed by atoms with Crippen LogP contribution in [0, 0.1) is 5.41 Å². The van der Waals surface area contributed by atoms with E-state index in [1.807, 2.05) is 0 Å². The summed E-state index contributed by atoms with van der Waals surface area (Å²) in [5.74, 6) is 0.153. The lowest BCUT2D eigenvalue weighted by molar-refractivity contribution is 0.316. The zero-order chi connectivity index (χ0) is 13.8. The highest BCUT2D eigenvalue weighted by Gasteiger charge is 2.32. The van der Waals surface area contributed by atoms with E-state index in [-0.39, 0.29) is 5.84 Å². The summed E-state index contributed by atoms with van der Waals surface area (Å²) < 4.78 is 0. The summed E-state index contributed by atoms with van der Waals surface area (Å²) >= 11 is 0. The Bertz CT molecular complexity index is 392. The minimum absolute atomic E-state index is 0.153. The van der Waals surface area contributed by atoms with Crippen LogP contribution in [-0.2, 0) is 0 Å². The highest BCUT2D eigenvalue weighted by atomic mass is 16.4. The first-order valence-electron chi connectivity index (χ1n) is 6.68. The Kier molecular flexibility index (Phi) is 4.93. The second-order valence-electron chi connectivity index (χ2n) is 5.78. The molecule has 1 aliphatic carbocycles. The van der Waals surface area contributed by atoms with Crippen molar-refractivity contribution in [1.29, 1.82) is 0 Å². The Morgan fingerprint density at radius 2 is 2.06 bits per heavy atom. The fourth-order valence-electron chi connectivity index (χ4n) is 2.40. The molecule has 0 saturated carbocycles. The molecule has 0 aromatic rings. The van der Waals surface area contributed by atoms with Crippen LogP contribution in [0.1, 0.15) is 53.4 Å². The summed E-state index contributed by atoms with van der Waals surface area (Å²) in [7, 11) is 0. The fraction of sp³-hybridized carbons (Fsp3) is 0.714. The molecule has 0 amide bonds. The molecule has 0 atom stereocenters. The van der Waals surface area contributed by atoms with Crippen molar-refractivity contribution in [2.24, 2.45) is 21.3 Å². The first-order chi connectivity index (χ1) is 8.45. The molecule has 0 fully saturated rings. The SMILES string of the molecule is CC1(C)CCC2=C(CN=C2/C(N)=N/O)C1.CCC. The molecule has 0 unspecified atom stereocenters. The number of nitrogens with two attached hydrogens (primary N) is 1. The van der Waals surface area contributed by atoms with Crippen molar-refractivity contribution in [1.82, 2.24) is 0 Å². The average Bonchev–Trinajstić information content (AvgIpc) is 2.70. The summed E-state index contributed by atoms with van der Waals surface area (Å²) in [6.45, 7) is 9.53. The second-order valence-corrected chi connectivity index (χ2v) is 5.78.